The van der Waals surface area contributed by atoms with Crippen molar-refractivity contribution >= 4 is 36.3 Å². The summed E-state index contributed by atoms with van der Waals surface area (Å²) in [5, 5.41) is 11.9. The summed E-state index contributed by atoms with van der Waals surface area (Å²) in [6, 6.07) is 5.11. The number of hydrogen-bond donors (Lipinski definition) is 2. The summed E-state index contributed by atoms with van der Waals surface area (Å²) in [6.45, 7) is 8.12. The molecule has 0 saturated heterocycles. The van der Waals surface area contributed by atoms with Crippen LogP contribution in [0.3, 0.4) is 0 Å². The molecule has 0 saturated carbocycles. The lowest BCUT2D eigenvalue weighted by molar-refractivity contribution is 0.0549. The standard InChI is InChI=1S/C23H27NO5Si/c1-11-9-13-17(15(10-11)29-30(3,4)5)23(27)18-19(22(13)26)21(25)12-7-6-8-14(28-2)16(12)20(18)24/h6-8,10,13,15,17,25H,9,24H2,1-5H3/t13-,15+,17-/m1/s1. The predicted octanol–water partition coefficient (Wildman–Crippen LogP) is 4.32. The third-order valence-electron chi connectivity index (χ3n) is 5.93. The fraction of sp³-hybridized carbons (Fsp3) is 0.391. The second kappa shape index (κ2) is 6.96. The Balaban J connectivity index is 1.98. The Morgan fingerprint density at radius 1 is 1.13 bits per heavy atom. The first-order chi connectivity index (χ1) is 14.0. The normalized spacial score (nSPS) is 23.8. The van der Waals surface area contributed by atoms with Crippen molar-refractivity contribution in [3.8, 4) is 11.5 Å². The summed E-state index contributed by atoms with van der Waals surface area (Å²) >= 11 is 0. The number of phenols is 1. The van der Waals surface area contributed by atoms with E-state index >= 15 is 0 Å². The fourth-order valence-electron chi connectivity index (χ4n) is 4.80. The first kappa shape index (κ1) is 20.6. The van der Waals surface area contributed by atoms with E-state index in [1.165, 1.54) is 7.11 Å². The van der Waals surface area contributed by atoms with Gasteiger partial charge in [0.15, 0.2) is 19.9 Å². The van der Waals surface area contributed by atoms with E-state index in [2.05, 4.69) is 19.6 Å². The Hall–Kier alpha value is -2.64. The maximum Gasteiger partial charge on any atom is 0.184 e. The van der Waals surface area contributed by atoms with Gasteiger partial charge in [0.2, 0.25) is 0 Å². The number of ether oxygens (including phenoxy) is 1. The van der Waals surface area contributed by atoms with E-state index in [1.807, 2.05) is 13.0 Å². The van der Waals surface area contributed by atoms with Crippen LogP contribution in [0.25, 0.3) is 10.8 Å². The van der Waals surface area contributed by atoms with Crippen molar-refractivity contribution in [2.24, 2.45) is 11.8 Å². The Bertz CT molecular complexity index is 1110. The van der Waals surface area contributed by atoms with Gasteiger partial charge in [-0.3, -0.25) is 9.59 Å². The van der Waals surface area contributed by atoms with Gasteiger partial charge in [0.25, 0.3) is 0 Å². The number of nitrogen functional groups attached to an aromatic ring is 1. The van der Waals surface area contributed by atoms with Crippen molar-refractivity contribution in [1.29, 1.82) is 0 Å². The lowest BCUT2D eigenvalue weighted by atomic mass is 9.66. The lowest BCUT2D eigenvalue weighted by Gasteiger charge is -2.41. The number of ketones is 2. The van der Waals surface area contributed by atoms with Crippen molar-refractivity contribution in [1.82, 2.24) is 0 Å². The average Bonchev–Trinajstić information content (AvgIpc) is 2.66. The number of Topliss-reactive ketones (excluding diaryl/α,β-unsaturated/α-hetero) is 2. The van der Waals surface area contributed by atoms with Gasteiger partial charge in [-0.25, -0.2) is 0 Å². The molecule has 0 heterocycles. The van der Waals surface area contributed by atoms with E-state index in [1.54, 1.807) is 18.2 Å². The molecule has 0 unspecified atom stereocenters. The number of phenolic OH excluding ortho intramolecular Hbond substituents is 1. The highest BCUT2D eigenvalue weighted by molar-refractivity contribution is 6.69. The summed E-state index contributed by atoms with van der Waals surface area (Å²) < 4.78 is 11.7. The highest BCUT2D eigenvalue weighted by Crippen LogP contribution is 2.49. The molecule has 3 N–H and O–H groups in total. The molecule has 6 nitrogen and oxygen atoms in total. The van der Waals surface area contributed by atoms with Crippen LogP contribution in [-0.2, 0) is 4.43 Å². The first-order valence-electron chi connectivity index (χ1n) is 10.1. The second-order valence-corrected chi connectivity index (χ2v) is 13.6. The van der Waals surface area contributed by atoms with Crippen molar-refractivity contribution < 1.29 is 23.9 Å². The molecular weight excluding hydrogens is 398 g/mol. The fourth-order valence-corrected chi connectivity index (χ4v) is 5.83. The Labute approximate surface area is 176 Å². The van der Waals surface area contributed by atoms with Crippen LogP contribution in [0.2, 0.25) is 19.6 Å². The highest BCUT2D eigenvalue weighted by atomic mass is 28.4. The van der Waals surface area contributed by atoms with Crippen LogP contribution in [0.4, 0.5) is 5.69 Å². The molecule has 2 aliphatic rings. The quantitative estimate of drug-likeness (QED) is 0.329. The number of benzene rings is 2. The molecule has 4 rings (SSSR count). The van der Waals surface area contributed by atoms with Crippen LogP contribution in [-0.4, -0.2) is 38.2 Å². The molecule has 3 atom stereocenters. The number of nitrogens with two attached hydrogens (primary N) is 1. The Morgan fingerprint density at radius 3 is 2.47 bits per heavy atom. The monoisotopic (exact) mass is 425 g/mol. The predicted molar refractivity (Wildman–Crippen MR) is 119 cm³/mol. The summed E-state index contributed by atoms with van der Waals surface area (Å²) in [5.74, 6) is -1.47. The van der Waals surface area contributed by atoms with Gasteiger partial charge in [0.1, 0.15) is 11.5 Å². The summed E-state index contributed by atoms with van der Waals surface area (Å²) in [6.07, 6.45) is 1.96. The number of hydrogen-bond acceptors (Lipinski definition) is 6. The van der Waals surface area contributed by atoms with Gasteiger partial charge >= 0.3 is 0 Å². The maximum atomic E-state index is 13.7. The first-order valence-corrected chi connectivity index (χ1v) is 13.5. The van der Waals surface area contributed by atoms with Crippen LogP contribution in [0.5, 0.6) is 11.5 Å². The number of aromatic hydroxyl groups is 1. The van der Waals surface area contributed by atoms with E-state index in [-0.39, 0.29) is 34.1 Å². The lowest BCUT2D eigenvalue weighted by Crippen LogP contribution is -2.48. The zero-order valence-electron chi connectivity index (χ0n) is 17.9. The minimum Gasteiger partial charge on any atom is -0.507 e. The summed E-state index contributed by atoms with van der Waals surface area (Å²) in [7, 11) is -0.485. The number of carbonyl (C=O) groups is 2. The molecule has 0 spiro atoms. The van der Waals surface area contributed by atoms with Crippen molar-refractivity contribution in [3.63, 3.8) is 0 Å². The van der Waals surface area contributed by atoms with Gasteiger partial charge in [0, 0.05) is 11.3 Å². The van der Waals surface area contributed by atoms with Crippen molar-refractivity contribution in [2.75, 3.05) is 12.8 Å². The SMILES string of the molecule is COc1cccc2c(O)c3c(c(N)c12)C(=O)[C@H]1[C@@H](O[Si](C)(C)C)C=C(C)C[C@H]1C3=O. The summed E-state index contributed by atoms with van der Waals surface area (Å²) in [4.78, 5) is 27.3. The molecule has 158 valence electrons. The number of rotatable bonds is 3. The van der Waals surface area contributed by atoms with E-state index in [0.29, 0.717) is 22.9 Å². The number of fused-ring (bicyclic) bond motifs is 3. The second-order valence-electron chi connectivity index (χ2n) is 9.17. The molecule has 2 aliphatic carbocycles. The molecule has 0 aliphatic heterocycles. The van der Waals surface area contributed by atoms with Gasteiger partial charge < -0.3 is 20.0 Å². The highest BCUT2D eigenvalue weighted by Gasteiger charge is 2.50. The molecule has 0 amide bonds. The third-order valence-corrected chi connectivity index (χ3v) is 6.91. The van der Waals surface area contributed by atoms with E-state index in [4.69, 9.17) is 14.9 Å². The van der Waals surface area contributed by atoms with Gasteiger partial charge in [-0.15, -0.1) is 0 Å². The van der Waals surface area contributed by atoms with Crippen molar-refractivity contribution in [2.45, 2.75) is 39.1 Å². The number of methoxy groups -OCH3 is 1. The van der Waals surface area contributed by atoms with E-state index < -0.39 is 26.3 Å². The minimum absolute atomic E-state index is 0.0287. The smallest absolute Gasteiger partial charge is 0.184 e. The topological polar surface area (TPSA) is 98.9 Å². The van der Waals surface area contributed by atoms with E-state index in [9.17, 15) is 14.7 Å². The van der Waals surface area contributed by atoms with Gasteiger partial charge in [-0.05, 0) is 39.1 Å². The average molecular weight is 426 g/mol. The Morgan fingerprint density at radius 2 is 1.83 bits per heavy atom. The molecule has 0 bridgehead atoms. The third kappa shape index (κ3) is 3.04. The molecule has 0 aromatic heterocycles. The molecule has 0 radical (unpaired) electrons. The van der Waals surface area contributed by atoms with Gasteiger partial charge in [-0.2, -0.15) is 0 Å². The van der Waals surface area contributed by atoms with Gasteiger partial charge in [0.05, 0.1) is 41.3 Å². The molecule has 2 aromatic carbocycles. The molecule has 7 heteroatoms. The zero-order chi connectivity index (χ0) is 22.0. The Kier molecular flexibility index (Phi) is 4.78. The van der Waals surface area contributed by atoms with Crippen LogP contribution in [0, 0.1) is 11.8 Å². The number of allylic oxidation sites excluding steroid dienone is 1. The van der Waals surface area contributed by atoms with Crippen LogP contribution >= 0.6 is 0 Å². The number of anilines is 1. The van der Waals surface area contributed by atoms with Crippen LogP contribution in [0.1, 0.15) is 34.1 Å². The van der Waals surface area contributed by atoms with Crippen LogP contribution in [0.15, 0.2) is 29.8 Å². The largest absolute Gasteiger partial charge is 0.507 e. The van der Waals surface area contributed by atoms with Crippen molar-refractivity contribution in [3.05, 3.63) is 41.0 Å². The molecule has 2 aromatic rings. The molecule has 30 heavy (non-hydrogen) atoms. The maximum absolute atomic E-state index is 13.7. The zero-order valence-corrected chi connectivity index (χ0v) is 18.9. The minimum atomic E-state index is -1.99. The van der Waals surface area contributed by atoms with E-state index in [0.717, 1.165) is 5.57 Å². The summed E-state index contributed by atoms with van der Waals surface area (Å²) in [5.41, 5.74) is 7.75. The number of carbonyl (C=O) groups excluding carboxylic acids is 2. The van der Waals surface area contributed by atoms with Gasteiger partial charge in [-0.1, -0.05) is 23.8 Å². The molecular formula is C23H27NO5Si. The van der Waals surface area contributed by atoms with Crippen LogP contribution < -0.4 is 10.5 Å². The molecule has 0 fully saturated rings.